The zero-order valence-electron chi connectivity index (χ0n) is 18.1. The second-order valence-corrected chi connectivity index (χ2v) is 8.05. The molecular formula is C23H18F4N6O. The van der Waals surface area contributed by atoms with Crippen molar-refractivity contribution in [2.45, 2.75) is 6.04 Å². The molecule has 1 fully saturated rings. The van der Waals surface area contributed by atoms with Crippen LogP contribution in [0.2, 0.25) is 0 Å². The Bertz CT molecular complexity index is 1470. The first-order valence-corrected chi connectivity index (χ1v) is 10.2. The molecule has 11 heteroatoms. The van der Waals surface area contributed by atoms with Crippen LogP contribution in [0.1, 0.15) is 11.6 Å². The monoisotopic (exact) mass is 470 g/mol. The van der Waals surface area contributed by atoms with Crippen LogP contribution in [0.4, 0.5) is 33.9 Å². The number of nitrogens with zero attached hydrogens (tertiary/aromatic N) is 5. The van der Waals surface area contributed by atoms with Crippen molar-refractivity contribution in [2.24, 2.45) is 7.05 Å². The van der Waals surface area contributed by atoms with E-state index in [0.29, 0.717) is 22.7 Å². The lowest BCUT2D eigenvalue weighted by Crippen LogP contribution is -2.29. The van der Waals surface area contributed by atoms with Gasteiger partial charge in [-0.25, -0.2) is 32.3 Å². The second-order valence-electron chi connectivity index (χ2n) is 8.05. The third kappa shape index (κ3) is 3.15. The normalized spacial score (nSPS) is 16.2. The number of rotatable bonds is 3. The predicted octanol–water partition coefficient (Wildman–Crippen LogP) is 4.39. The average molecular weight is 470 g/mol. The number of aromatic nitrogens is 3. The van der Waals surface area contributed by atoms with E-state index in [1.807, 2.05) is 0 Å². The largest absolute Gasteiger partial charge is 0.383 e. The lowest BCUT2D eigenvalue weighted by molar-refractivity contribution is 0.217. The maximum atomic E-state index is 15.3. The number of carbonyl (C=O) groups is 1. The summed E-state index contributed by atoms with van der Waals surface area (Å²) in [5.74, 6) is -3.99. The minimum absolute atomic E-state index is 0.183. The van der Waals surface area contributed by atoms with Gasteiger partial charge in [-0.2, -0.15) is 0 Å². The molecule has 0 aliphatic carbocycles. The lowest BCUT2D eigenvalue weighted by atomic mass is 10.0. The highest BCUT2D eigenvalue weighted by atomic mass is 19.2. The van der Waals surface area contributed by atoms with Gasteiger partial charge in [0.1, 0.15) is 29.4 Å². The Kier molecular flexibility index (Phi) is 4.92. The first kappa shape index (κ1) is 21.7. The van der Waals surface area contributed by atoms with Crippen molar-refractivity contribution in [3.63, 3.8) is 0 Å². The number of nitrogen functional groups attached to an aromatic ring is 1. The number of hydrogen-bond acceptors (Lipinski definition) is 4. The molecule has 0 radical (unpaired) electrons. The molecule has 2 N–H and O–H groups in total. The molecule has 1 aliphatic rings. The number of aryl methyl sites for hydroxylation is 1. The molecule has 1 unspecified atom stereocenters. The highest BCUT2D eigenvalue weighted by molar-refractivity contribution is 6.01. The summed E-state index contributed by atoms with van der Waals surface area (Å²) in [4.78, 5) is 23.3. The Balaban J connectivity index is 1.53. The fourth-order valence-corrected chi connectivity index (χ4v) is 4.38. The van der Waals surface area contributed by atoms with Crippen molar-refractivity contribution in [3.8, 4) is 11.1 Å². The molecule has 2 aromatic heterocycles. The van der Waals surface area contributed by atoms with Gasteiger partial charge in [0.05, 0.1) is 23.5 Å². The second kappa shape index (κ2) is 7.72. The fourth-order valence-electron chi connectivity index (χ4n) is 4.38. The number of halogens is 4. The third-order valence-corrected chi connectivity index (χ3v) is 6.11. The Hall–Kier alpha value is -4.15. The Labute approximate surface area is 191 Å². The van der Waals surface area contributed by atoms with Gasteiger partial charge in [0.25, 0.3) is 0 Å². The number of amides is 2. The van der Waals surface area contributed by atoms with Crippen LogP contribution in [-0.4, -0.2) is 39.1 Å². The molecule has 0 saturated carbocycles. The quantitative estimate of drug-likeness (QED) is 0.356. The topological polar surface area (TPSA) is 80.3 Å². The van der Waals surface area contributed by atoms with E-state index in [2.05, 4.69) is 9.97 Å². The number of benzene rings is 2. The SMILES string of the molecule is CN1C(=O)N(c2ccc(-c3cn(C)c4ncnc(N)c34)c(F)c2)CC1c1c(F)ccc(F)c1F. The Morgan fingerprint density at radius 1 is 0.971 bits per heavy atom. The van der Waals surface area contributed by atoms with E-state index in [1.165, 1.54) is 30.4 Å². The summed E-state index contributed by atoms with van der Waals surface area (Å²) < 4.78 is 59.4. The van der Waals surface area contributed by atoms with E-state index in [0.717, 1.165) is 17.0 Å². The van der Waals surface area contributed by atoms with Crippen LogP contribution in [0.25, 0.3) is 22.2 Å². The van der Waals surface area contributed by atoms with Crippen LogP contribution in [0, 0.1) is 23.3 Å². The standard InChI is InChI=1S/C23H18F4N6O/c1-31-8-13(18-21(28)29-10-30-22(18)31)12-4-3-11(7-16(12)26)33-9-17(32(2)23(33)34)19-14(24)5-6-15(25)20(19)27/h3-8,10,17H,9H2,1-2H3,(H2,28,29,30). The van der Waals surface area contributed by atoms with Gasteiger partial charge in [-0.1, -0.05) is 0 Å². The Morgan fingerprint density at radius 2 is 1.71 bits per heavy atom. The van der Waals surface area contributed by atoms with Crippen LogP contribution in [0.5, 0.6) is 0 Å². The molecule has 5 rings (SSSR count). The molecule has 2 aromatic carbocycles. The molecule has 7 nitrogen and oxygen atoms in total. The van der Waals surface area contributed by atoms with E-state index in [-0.39, 0.29) is 23.6 Å². The third-order valence-electron chi connectivity index (χ3n) is 6.11. The maximum absolute atomic E-state index is 15.3. The number of anilines is 2. The summed E-state index contributed by atoms with van der Waals surface area (Å²) in [5.41, 5.74) is 6.85. The van der Waals surface area contributed by atoms with Crippen molar-refractivity contribution in [2.75, 3.05) is 24.2 Å². The van der Waals surface area contributed by atoms with E-state index >= 15 is 4.39 Å². The molecule has 2 amide bonds. The lowest BCUT2D eigenvalue weighted by Gasteiger charge is -2.19. The van der Waals surface area contributed by atoms with Gasteiger partial charge >= 0.3 is 6.03 Å². The predicted molar refractivity (Wildman–Crippen MR) is 118 cm³/mol. The van der Waals surface area contributed by atoms with Crippen LogP contribution >= 0.6 is 0 Å². The van der Waals surface area contributed by atoms with E-state index in [1.54, 1.807) is 17.8 Å². The molecule has 1 atom stereocenters. The van der Waals surface area contributed by atoms with Gasteiger partial charge in [-0.3, -0.25) is 4.90 Å². The van der Waals surface area contributed by atoms with Crippen LogP contribution in [-0.2, 0) is 7.05 Å². The number of urea groups is 1. The summed E-state index contributed by atoms with van der Waals surface area (Å²) in [6.45, 7) is -0.194. The smallest absolute Gasteiger partial charge is 0.324 e. The molecule has 1 saturated heterocycles. The number of carbonyl (C=O) groups excluding carboxylic acids is 1. The molecule has 4 aromatic rings. The van der Waals surface area contributed by atoms with Crippen LogP contribution in [0.15, 0.2) is 42.9 Å². The summed E-state index contributed by atoms with van der Waals surface area (Å²) in [6, 6.07) is 3.94. The number of hydrogen-bond donors (Lipinski definition) is 1. The zero-order chi connectivity index (χ0) is 24.3. The number of fused-ring (bicyclic) bond motifs is 1. The van der Waals surface area contributed by atoms with Gasteiger partial charge in [0.15, 0.2) is 11.6 Å². The van der Waals surface area contributed by atoms with Crippen LogP contribution < -0.4 is 10.6 Å². The first-order chi connectivity index (χ1) is 16.2. The zero-order valence-corrected chi connectivity index (χ0v) is 18.1. The molecule has 174 valence electrons. The summed E-state index contributed by atoms with van der Waals surface area (Å²) in [6.07, 6.45) is 2.99. The minimum Gasteiger partial charge on any atom is -0.383 e. The summed E-state index contributed by atoms with van der Waals surface area (Å²) in [5, 5.41) is 0.491. The van der Waals surface area contributed by atoms with Gasteiger partial charge in [0.2, 0.25) is 0 Å². The maximum Gasteiger partial charge on any atom is 0.324 e. The van der Waals surface area contributed by atoms with E-state index in [4.69, 9.17) is 5.73 Å². The Morgan fingerprint density at radius 3 is 2.44 bits per heavy atom. The average Bonchev–Trinajstić information content (AvgIpc) is 3.29. The summed E-state index contributed by atoms with van der Waals surface area (Å²) >= 11 is 0. The highest BCUT2D eigenvalue weighted by Crippen LogP contribution is 2.38. The van der Waals surface area contributed by atoms with Crippen LogP contribution in [0.3, 0.4) is 0 Å². The van der Waals surface area contributed by atoms with E-state index < -0.39 is 40.9 Å². The van der Waals surface area contributed by atoms with Gasteiger partial charge in [-0.15, -0.1) is 0 Å². The van der Waals surface area contributed by atoms with Crippen molar-refractivity contribution >= 4 is 28.6 Å². The minimum atomic E-state index is -1.36. The fraction of sp³-hybridized carbons (Fsp3) is 0.174. The van der Waals surface area contributed by atoms with E-state index in [9.17, 15) is 18.0 Å². The van der Waals surface area contributed by atoms with Gasteiger partial charge in [-0.05, 0) is 30.3 Å². The van der Waals surface area contributed by atoms with Gasteiger partial charge < -0.3 is 15.2 Å². The first-order valence-electron chi connectivity index (χ1n) is 10.2. The molecular weight excluding hydrogens is 452 g/mol. The van der Waals surface area contributed by atoms with Crippen molar-refractivity contribution in [1.29, 1.82) is 0 Å². The molecule has 34 heavy (non-hydrogen) atoms. The molecule has 1 aliphatic heterocycles. The van der Waals surface area contributed by atoms with Crippen molar-refractivity contribution in [1.82, 2.24) is 19.4 Å². The number of likely N-dealkylation sites (N-methyl/N-ethyl adjacent to an activating group) is 1. The highest BCUT2D eigenvalue weighted by Gasteiger charge is 2.40. The van der Waals surface area contributed by atoms with Crippen molar-refractivity contribution in [3.05, 3.63) is 71.7 Å². The molecule has 0 spiro atoms. The summed E-state index contributed by atoms with van der Waals surface area (Å²) in [7, 11) is 3.09. The number of nitrogens with two attached hydrogens (primary N) is 1. The van der Waals surface area contributed by atoms with Crippen molar-refractivity contribution < 1.29 is 22.4 Å². The molecule has 0 bridgehead atoms. The molecule has 3 heterocycles. The van der Waals surface area contributed by atoms with Gasteiger partial charge in [0, 0.05) is 37.1 Å².